The highest BCUT2D eigenvalue weighted by atomic mass is 19.1. The van der Waals surface area contributed by atoms with Gasteiger partial charge in [0.2, 0.25) is 5.91 Å². The third kappa shape index (κ3) is 3.66. The molecule has 1 aliphatic rings. The monoisotopic (exact) mass is 411 g/mol. The quantitative estimate of drug-likeness (QED) is 0.663. The number of halogens is 1. The van der Waals surface area contributed by atoms with Crippen LogP contribution >= 0.6 is 0 Å². The van der Waals surface area contributed by atoms with Crippen molar-refractivity contribution >= 4 is 17.6 Å². The average molecular weight is 411 g/mol. The molecular formula is C20H18FN5O4. The summed E-state index contributed by atoms with van der Waals surface area (Å²) in [4.78, 5) is 38.8. The van der Waals surface area contributed by atoms with Gasteiger partial charge in [-0.3, -0.25) is 9.69 Å². The Morgan fingerprint density at radius 2 is 1.83 bits per heavy atom. The van der Waals surface area contributed by atoms with Gasteiger partial charge in [0, 0.05) is 12.2 Å². The molecule has 0 fully saturated rings. The van der Waals surface area contributed by atoms with E-state index in [9.17, 15) is 18.8 Å². The minimum absolute atomic E-state index is 0.116. The van der Waals surface area contributed by atoms with Gasteiger partial charge in [0.15, 0.2) is 5.82 Å². The summed E-state index contributed by atoms with van der Waals surface area (Å²) in [6, 6.07) is 12.0. The predicted molar refractivity (Wildman–Crippen MR) is 105 cm³/mol. The summed E-state index contributed by atoms with van der Waals surface area (Å²) in [6.45, 7) is -0.0218. The number of hydrogen-bond acceptors (Lipinski definition) is 5. The number of methoxy groups -OCH3 is 1. The lowest BCUT2D eigenvalue weighted by molar-refractivity contribution is -0.122. The Kier molecular flexibility index (Phi) is 5.05. The van der Waals surface area contributed by atoms with Gasteiger partial charge in [-0.1, -0.05) is 12.1 Å². The van der Waals surface area contributed by atoms with E-state index in [4.69, 9.17) is 4.74 Å². The second kappa shape index (κ2) is 7.82. The Morgan fingerprint density at radius 3 is 2.47 bits per heavy atom. The molecule has 2 heterocycles. The number of amides is 2. The maximum atomic E-state index is 12.9. The first-order valence-electron chi connectivity index (χ1n) is 9.12. The summed E-state index contributed by atoms with van der Waals surface area (Å²) in [5, 5.41) is 6.76. The summed E-state index contributed by atoms with van der Waals surface area (Å²) in [6.07, 6.45) is 0. The minimum atomic E-state index is -0.678. The van der Waals surface area contributed by atoms with Crippen molar-refractivity contribution in [3.8, 4) is 5.75 Å². The van der Waals surface area contributed by atoms with Crippen LogP contribution in [0, 0.1) is 5.82 Å². The van der Waals surface area contributed by atoms with Crippen molar-refractivity contribution in [3.05, 3.63) is 76.2 Å². The SMILES string of the molecule is COc1ccc(N2Cc3nn(CC(=O)NCc4ccc(F)cc4)c(=O)n3C2=O)cc1. The molecule has 154 valence electrons. The predicted octanol–water partition coefficient (Wildman–Crippen LogP) is 1.50. The van der Waals surface area contributed by atoms with Gasteiger partial charge in [-0.25, -0.2) is 18.7 Å². The average Bonchev–Trinajstić information content (AvgIpc) is 3.24. The molecule has 0 spiro atoms. The number of ether oxygens (including phenoxy) is 1. The number of nitrogens with zero attached hydrogens (tertiary/aromatic N) is 4. The molecule has 0 saturated carbocycles. The van der Waals surface area contributed by atoms with Crippen LogP contribution < -0.4 is 20.6 Å². The summed E-state index contributed by atoms with van der Waals surface area (Å²) >= 11 is 0. The second-order valence-corrected chi connectivity index (χ2v) is 6.66. The van der Waals surface area contributed by atoms with Gasteiger partial charge in [-0.05, 0) is 42.0 Å². The molecule has 2 amide bonds. The number of carbonyl (C=O) groups is 2. The number of carbonyl (C=O) groups excluding carboxylic acids is 2. The third-order valence-electron chi connectivity index (χ3n) is 4.71. The van der Waals surface area contributed by atoms with Crippen LogP contribution in [0.4, 0.5) is 14.9 Å². The number of anilines is 1. The zero-order valence-electron chi connectivity index (χ0n) is 16.0. The van der Waals surface area contributed by atoms with E-state index in [2.05, 4.69) is 10.4 Å². The highest BCUT2D eigenvalue weighted by Gasteiger charge is 2.33. The van der Waals surface area contributed by atoms with Crippen molar-refractivity contribution in [1.29, 1.82) is 0 Å². The number of nitrogens with one attached hydrogen (secondary N) is 1. The molecule has 2 aromatic carbocycles. The third-order valence-corrected chi connectivity index (χ3v) is 4.71. The molecule has 0 atom stereocenters. The molecule has 3 aromatic rings. The van der Waals surface area contributed by atoms with E-state index >= 15 is 0 Å². The Labute approximate surface area is 170 Å². The fourth-order valence-corrected chi connectivity index (χ4v) is 3.14. The largest absolute Gasteiger partial charge is 0.497 e. The number of aromatic nitrogens is 3. The zero-order valence-corrected chi connectivity index (χ0v) is 16.0. The minimum Gasteiger partial charge on any atom is -0.497 e. The van der Waals surface area contributed by atoms with Gasteiger partial charge in [-0.15, -0.1) is 0 Å². The topological polar surface area (TPSA) is 98.5 Å². The Hall–Kier alpha value is -3.95. The first-order chi connectivity index (χ1) is 14.5. The van der Waals surface area contributed by atoms with Crippen LogP contribution in [0.5, 0.6) is 5.75 Å². The highest BCUT2D eigenvalue weighted by Crippen LogP contribution is 2.24. The van der Waals surface area contributed by atoms with E-state index in [1.54, 1.807) is 43.5 Å². The molecule has 4 rings (SSSR count). The molecule has 10 heteroatoms. The lowest BCUT2D eigenvalue weighted by Crippen LogP contribution is -2.37. The fraction of sp³-hybridized carbons (Fsp3) is 0.200. The van der Waals surface area contributed by atoms with E-state index in [0.717, 1.165) is 14.8 Å². The maximum Gasteiger partial charge on any atom is 0.354 e. The number of rotatable bonds is 6. The molecule has 30 heavy (non-hydrogen) atoms. The van der Waals surface area contributed by atoms with Crippen LogP contribution in [-0.2, 0) is 24.4 Å². The fourth-order valence-electron chi connectivity index (χ4n) is 3.14. The van der Waals surface area contributed by atoms with Gasteiger partial charge < -0.3 is 10.1 Å². The lowest BCUT2D eigenvalue weighted by Gasteiger charge is -2.15. The Balaban J connectivity index is 1.43. The van der Waals surface area contributed by atoms with Crippen molar-refractivity contribution in [1.82, 2.24) is 19.7 Å². The molecular weight excluding hydrogens is 393 g/mol. The van der Waals surface area contributed by atoms with Crippen molar-refractivity contribution in [3.63, 3.8) is 0 Å². The molecule has 0 bridgehead atoms. The molecule has 1 aliphatic heterocycles. The molecule has 0 saturated heterocycles. The van der Waals surface area contributed by atoms with Gasteiger partial charge >= 0.3 is 11.7 Å². The van der Waals surface area contributed by atoms with E-state index in [0.29, 0.717) is 11.4 Å². The standard InChI is InChI=1S/C20H18FN5O4/c1-30-16-8-6-15(7-9-16)24-11-17-23-25(20(29)26(17)19(24)28)12-18(27)22-10-13-2-4-14(21)5-3-13/h2-9H,10-12H2,1H3,(H,22,27). The first kappa shape index (κ1) is 19.4. The lowest BCUT2D eigenvalue weighted by atomic mass is 10.2. The smallest absolute Gasteiger partial charge is 0.354 e. The molecule has 0 radical (unpaired) electrons. The van der Waals surface area contributed by atoms with E-state index in [-0.39, 0.29) is 31.3 Å². The molecule has 0 unspecified atom stereocenters. The first-order valence-corrected chi connectivity index (χ1v) is 9.12. The van der Waals surface area contributed by atoms with E-state index in [1.165, 1.54) is 17.0 Å². The normalized spacial score (nSPS) is 12.7. The molecule has 9 nitrogen and oxygen atoms in total. The van der Waals surface area contributed by atoms with Crippen molar-refractivity contribution in [2.24, 2.45) is 0 Å². The van der Waals surface area contributed by atoms with Crippen molar-refractivity contribution in [2.45, 2.75) is 19.6 Å². The van der Waals surface area contributed by atoms with Crippen LogP contribution in [0.25, 0.3) is 0 Å². The highest BCUT2D eigenvalue weighted by molar-refractivity contribution is 5.96. The summed E-state index contributed by atoms with van der Waals surface area (Å²) in [7, 11) is 1.55. The molecule has 1 aromatic heterocycles. The summed E-state index contributed by atoms with van der Waals surface area (Å²) < 4.78 is 19.9. The second-order valence-electron chi connectivity index (χ2n) is 6.66. The van der Waals surface area contributed by atoms with Crippen LogP contribution in [0.1, 0.15) is 11.4 Å². The van der Waals surface area contributed by atoms with Crippen LogP contribution in [-0.4, -0.2) is 33.4 Å². The number of fused-ring (bicyclic) bond motifs is 1. The number of hydrogen-bond donors (Lipinski definition) is 1. The molecule has 1 N–H and O–H groups in total. The van der Waals surface area contributed by atoms with Gasteiger partial charge in [-0.2, -0.15) is 9.67 Å². The van der Waals surface area contributed by atoms with E-state index in [1.807, 2.05) is 0 Å². The summed E-state index contributed by atoms with van der Waals surface area (Å²) in [5.74, 6) is 0.0967. The zero-order chi connectivity index (χ0) is 21.3. The molecule has 0 aliphatic carbocycles. The number of benzene rings is 2. The Bertz CT molecular complexity index is 1150. The van der Waals surface area contributed by atoms with Gasteiger partial charge in [0.25, 0.3) is 0 Å². The van der Waals surface area contributed by atoms with Crippen LogP contribution in [0.15, 0.2) is 53.3 Å². The van der Waals surface area contributed by atoms with Crippen LogP contribution in [0.2, 0.25) is 0 Å². The van der Waals surface area contributed by atoms with Gasteiger partial charge in [0.1, 0.15) is 18.1 Å². The van der Waals surface area contributed by atoms with Crippen LogP contribution in [0.3, 0.4) is 0 Å². The summed E-state index contributed by atoms with van der Waals surface area (Å²) in [5.41, 5.74) is 0.645. The maximum absolute atomic E-state index is 12.9. The van der Waals surface area contributed by atoms with Crippen molar-refractivity contribution in [2.75, 3.05) is 12.0 Å². The van der Waals surface area contributed by atoms with E-state index < -0.39 is 17.6 Å². The Morgan fingerprint density at radius 1 is 1.13 bits per heavy atom. The van der Waals surface area contributed by atoms with Gasteiger partial charge in [0.05, 0.1) is 13.7 Å². The van der Waals surface area contributed by atoms with Crippen molar-refractivity contribution < 1.29 is 18.7 Å².